The Morgan fingerprint density at radius 2 is 2.17 bits per heavy atom. The van der Waals surface area contributed by atoms with Crippen LogP contribution in [0.5, 0.6) is 0 Å². The first-order valence-electron chi connectivity index (χ1n) is 7.37. The highest BCUT2D eigenvalue weighted by molar-refractivity contribution is 5.79. The van der Waals surface area contributed by atoms with E-state index in [1.54, 1.807) is 0 Å². The van der Waals surface area contributed by atoms with Gasteiger partial charge < -0.3 is 16.0 Å². The molecule has 3 N–H and O–H groups in total. The van der Waals surface area contributed by atoms with Gasteiger partial charge in [0, 0.05) is 19.0 Å². The zero-order valence-corrected chi connectivity index (χ0v) is 11.5. The first kappa shape index (κ1) is 13.8. The van der Waals surface area contributed by atoms with Crippen molar-refractivity contribution in [3.63, 3.8) is 0 Å². The van der Waals surface area contributed by atoms with Crippen molar-refractivity contribution in [3.8, 4) is 0 Å². The van der Waals surface area contributed by atoms with E-state index in [4.69, 9.17) is 5.73 Å². The number of likely N-dealkylation sites (tertiary alicyclic amines) is 1. The molecule has 18 heavy (non-hydrogen) atoms. The lowest BCUT2D eigenvalue weighted by atomic mass is 9.94. The van der Waals surface area contributed by atoms with E-state index in [-0.39, 0.29) is 11.8 Å². The fraction of sp³-hybridized carbons (Fsp3) is 0.929. The van der Waals surface area contributed by atoms with E-state index in [0.717, 1.165) is 32.4 Å². The molecule has 0 aromatic rings. The average molecular weight is 253 g/mol. The van der Waals surface area contributed by atoms with Gasteiger partial charge in [-0.25, -0.2) is 0 Å². The van der Waals surface area contributed by atoms with Gasteiger partial charge in [-0.3, -0.25) is 4.79 Å². The summed E-state index contributed by atoms with van der Waals surface area (Å²) in [5.41, 5.74) is 5.73. The van der Waals surface area contributed by atoms with Crippen LogP contribution >= 0.6 is 0 Å². The molecule has 3 atom stereocenters. The number of hydrogen-bond donors (Lipinski definition) is 2. The Kier molecular flexibility index (Phi) is 5.01. The summed E-state index contributed by atoms with van der Waals surface area (Å²) in [6.07, 6.45) is 5.81. The topological polar surface area (TPSA) is 58.4 Å². The molecule has 0 spiro atoms. The van der Waals surface area contributed by atoms with Crippen molar-refractivity contribution in [2.24, 2.45) is 23.5 Å². The minimum Gasteiger partial charge on any atom is -0.356 e. The van der Waals surface area contributed by atoms with Gasteiger partial charge in [-0.05, 0) is 57.7 Å². The number of carbonyl (C=O) groups excluding carboxylic acids is 1. The number of carbonyl (C=O) groups is 1. The van der Waals surface area contributed by atoms with E-state index < -0.39 is 0 Å². The second kappa shape index (κ2) is 6.53. The minimum atomic E-state index is 0.177. The molecule has 4 nitrogen and oxygen atoms in total. The fourth-order valence-corrected chi connectivity index (χ4v) is 3.48. The fourth-order valence-electron chi connectivity index (χ4n) is 3.48. The van der Waals surface area contributed by atoms with Crippen molar-refractivity contribution in [3.05, 3.63) is 0 Å². The summed E-state index contributed by atoms with van der Waals surface area (Å²) in [6.45, 7) is 3.81. The number of nitrogens with zero attached hydrogens (tertiary/aromatic N) is 1. The van der Waals surface area contributed by atoms with Crippen LogP contribution in [0, 0.1) is 17.8 Å². The molecule has 2 rings (SSSR count). The summed E-state index contributed by atoms with van der Waals surface area (Å²) in [6, 6.07) is 0. The molecule has 0 radical (unpaired) electrons. The van der Waals surface area contributed by atoms with Crippen LogP contribution in [-0.2, 0) is 4.79 Å². The SMILES string of the molecule is CN1CCCC(CNC(=O)C2CCCC2CN)C1. The van der Waals surface area contributed by atoms with Gasteiger partial charge >= 0.3 is 0 Å². The number of nitrogens with one attached hydrogen (secondary N) is 1. The third-order valence-corrected chi connectivity index (χ3v) is 4.59. The molecule has 0 bridgehead atoms. The predicted molar refractivity (Wildman–Crippen MR) is 73.1 cm³/mol. The molecule has 104 valence electrons. The van der Waals surface area contributed by atoms with E-state index in [2.05, 4.69) is 17.3 Å². The molecule has 1 heterocycles. The van der Waals surface area contributed by atoms with Gasteiger partial charge in [0.25, 0.3) is 0 Å². The van der Waals surface area contributed by atoms with E-state index in [0.29, 0.717) is 18.4 Å². The van der Waals surface area contributed by atoms with Crippen molar-refractivity contribution < 1.29 is 4.79 Å². The predicted octanol–water partition coefficient (Wildman–Crippen LogP) is 0.819. The molecule has 1 aliphatic heterocycles. The molecular formula is C14H27N3O. The average Bonchev–Trinajstić information content (AvgIpc) is 2.84. The van der Waals surface area contributed by atoms with Crippen molar-refractivity contribution in [1.29, 1.82) is 0 Å². The van der Waals surface area contributed by atoms with Gasteiger partial charge in [-0.15, -0.1) is 0 Å². The summed E-state index contributed by atoms with van der Waals surface area (Å²) in [4.78, 5) is 14.5. The second-order valence-corrected chi connectivity index (χ2v) is 6.05. The Balaban J connectivity index is 1.74. The Labute approximate surface area is 110 Å². The standard InChI is InChI=1S/C14H27N3O/c1-17-7-3-4-11(10-17)9-16-14(18)13-6-2-5-12(13)8-15/h11-13H,2-10,15H2,1H3,(H,16,18). The van der Waals surface area contributed by atoms with Gasteiger partial charge in [0.2, 0.25) is 5.91 Å². The van der Waals surface area contributed by atoms with Crippen LogP contribution in [-0.4, -0.2) is 44.0 Å². The van der Waals surface area contributed by atoms with Crippen LogP contribution in [0.4, 0.5) is 0 Å². The van der Waals surface area contributed by atoms with E-state index in [9.17, 15) is 4.79 Å². The number of nitrogens with two attached hydrogens (primary N) is 1. The van der Waals surface area contributed by atoms with Crippen LogP contribution in [0.2, 0.25) is 0 Å². The lowest BCUT2D eigenvalue weighted by Crippen LogP contribution is -2.42. The van der Waals surface area contributed by atoms with E-state index in [1.807, 2.05) is 0 Å². The summed E-state index contributed by atoms with van der Waals surface area (Å²) >= 11 is 0. The lowest BCUT2D eigenvalue weighted by Gasteiger charge is -2.30. The highest BCUT2D eigenvalue weighted by Gasteiger charge is 2.32. The van der Waals surface area contributed by atoms with E-state index >= 15 is 0 Å². The monoisotopic (exact) mass is 253 g/mol. The van der Waals surface area contributed by atoms with Crippen LogP contribution < -0.4 is 11.1 Å². The molecule has 1 saturated carbocycles. The number of hydrogen-bond acceptors (Lipinski definition) is 3. The zero-order valence-electron chi connectivity index (χ0n) is 11.5. The maximum Gasteiger partial charge on any atom is 0.223 e. The minimum absolute atomic E-state index is 0.177. The van der Waals surface area contributed by atoms with Gasteiger partial charge in [0.15, 0.2) is 0 Å². The maximum absolute atomic E-state index is 12.2. The molecule has 2 fully saturated rings. The van der Waals surface area contributed by atoms with E-state index in [1.165, 1.54) is 19.4 Å². The Bertz CT molecular complexity index is 282. The van der Waals surface area contributed by atoms with Gasteiger partial charge in [-0.2, -0.15) is 0 Å². The second-order valence-electron chi connectivity index (χ2n) is 6.05. The third kappa shape index (κ3) is 3.45. The number of amides is 1. The van der Waals surface area contributed by atoms with Gasteiger partial charge in [0.05, 0.1) is 0 Å². The maximum atomic E-state index is 12.2. The highest BCUT2D eigenvalue weighted by atomic mass is 16.1. The first-order chi connectivity index (χ1) is 8.70. The Morgan fingerprint density at radius 1 is 1.33 bits per heavy atom. The largest absolute Gasteiger partial charge is 0.356 e. The molecular weight excluding hydrogens is 226 g/mol. The van der Waals surface area contributed by atoms with Crippen molar-refractivity contribution in [2.75, 3.05) is 33.2 Å². The number of piperidine rings is 1. The van der Waals surface area contributed by atoms with Crippen molar-refractivity contribution in [1.82, 2.24) is 10.2 Å². The zero-order chi connectivity index (χ0) is 13.0. The number of rotatable bonds is 4. The summed E-state index contributed by atoms with van der Waals surface area (Å²) in [7, 11) is 2.16. The lowest BCUT2D eigenvalue weighted by molar-refractivity contribution is -0.126. The third-order valence-electron chi connectivity index (χ3n) is 4.59. The molecule has 3 unspecified atom stereocenters. The van der Waals surface area contributed by atoms with Gasteiger partial charge in [-0.1, -0.05) is 6.42 Å². The van der Waals surface area contributed by atoms with Crippen LogP contribution in [0.15, 0.2) is 0 Å². The molecule has 2 aliphatic rings. The van der Waals surface area contributed by atoms with Crippen LogP contribution in [0.3, 0.4) is 0 Å². The normalized spacial score (nSPS) is 33.6. The quantitative estimate of drug-likeness (QED) is 0.780. The van der Waals surface area contributed by atoms with Crippen molar-refractivity contribution >= 4 is 5.91 Å². The van der Waals surface area contributed by atoms with Crippen LogP contribution in [0.25, 0.3) is 0 Å². The molecule has 0 aromatic carbocycles. The molecule has 0 aromatic heterocycles. The molecule has 1 amide bonds. The molecule has 1 saturated heterocycles. The first-order valence-corrected chi connectivity index (χ1v) is 7.37. The molecule has 1 aliphatic carbocycles. The van der Waals surface area contributed by atoms with Crippen molar-refractivity contribution in [2.45, 2.75) is 32.1 Å². The summed E-state index contributed by atoms with van der Waals surface area (Å²) in [5.74, 6) is 1.47. The van der Waals surface area contributed by atoms with Gasteiger partial charge in [0.1, 0.15) is 0 Å². The summed E-state index contributed by atoms with van der Waals surface area (Å²) < 4.78 is 0. The smallest absolute Gasteiger partial charge is 0.223 e. The Morgan fingerprint density at radius 3 is 2.89 bits per heavy atom. The van der Waals surface area contributed by atoms with Crippen LogP contribution in [0.1, 0.15) is 32.1 Å². The Hall–Kier alpha value is -0.610. The highest BCUT2D eigenvalue weighted by Crippen LogP contribution is 2.31. The summed E-state index contributed by atoms with van der Waals surface area (Å²) in [5, 5.41) is 3.16. The molecule has 4 heteroatoms.